The van der Waals surface area contributed by atoms with Gasteiger partial charge in [0.1, 0.15) is 17.2 Å². The minimum absolute atomic E-state index is 0.170. The third-order valence-corrected chi connectivity index (χ3v) is 3.77. The van der Waals surface area contributed by atoms with Crippen LogP contribution in [0.2, 0.25) is 10.0 Å². The molecule has 2 aromatic heterocycles. The predicted molar refractivity (Wildman–Crippen MR) is 83.1 cm³/mol. The highest BCUT2D eigenvalue weighted by Gasteiger charge is 2.21. The van der Waals surface area contributed by atoms with E-state index in [1.54, 1.807) is 23.8 Å². The monoisotopic (exact) mass is 343 g/mol. The van der Waals surface area contributed by atoms with Crippen LogP contribution in [-0.4, -0.2) is 14.5 Å². The molecule has 3 rings (SSSR count). The van der Waals surface area contributed by atoms with Crippen LogP contribution in [0.4, 0.5) is 4.39 Å². The number of aromatic nitrogens is 3. The molecule has 3 aromatic rings. The molecule has 0 N–H and O–H groups in total. The Bertz CT molecular complexity index is 806. The smallest absolute Gasteiger partial charge is 0.164 e. The topological polar surface area (TPSA) is 30.7 Å². The highest BCUT2D eigenvalue weighted by molar-refractivity contribution is 6.38. The number of hydrogen-bond acceptors (Lipinski definition) is 2. The highest BCUT2D eigenvalue weighted by Crippen LogP contribution is 2.35. The third kappa shape index (κ3) is 2.48. The Kier molecular flexibility index (Phi) is 3.78. The van der Waals surface area contributed by atoms with Gasteiger partial charge in [-0.25, -0.2) is 14.4 Å². The zero-order valence-corrected chi connectivity index (χ0v) is 13.1. The zero-order valence-electron chi connectivity index (χ0n) is 10.8. The van der Waals surface area contributed by atoms with Gasteiger partial charge in [0.25, 0.3) is 0 Å². The first-order chi connectivity index (χ1) is 9.99. The van der Waals surface area contributed by atoms with Gasteiger partial charge < -0.3 is 0 Å². The van der Waals surface area contributed by atoms with E-state index in [-0.39, 0.29) is 10.0 Å². The van der Waals surface area contributed by atoms with Gasteiger partial charge >= 0.3 is 0 Å². The minimum atomic E-state index is -0.508. The summed E-state index contributed by atoms with van der Waals surface area (Å²) in [5.74, 6) is 0.0346. The van der Waals surface area contributed by atoms with Crippen LogP contribution in [0.15, 0.2) is 30.5 Å². The van der Waals surface area contributed by atoms with Gasteiger partial charge in [-0.2, -0.15) is 0 Å². The number of fused-ring (bicyclic) bond motifs is 1. The summed E-state index contributed by atoms with van der Waals surface area (Å²) in [5.41, 5.74) is 1.65. The van der Waals surface area contributed by atoms with E-state index < -0.39 is 11.2 Å². The van der Waals surface area contributed by atoms with E-state index in [1.165, 1.54) is 12.1 Å². The Labute approximate surface area is 135 Å². The summed E-state index contributed by atoms with van der Waals surface area (Å²) in [5, 5.41) is -0.0524. The number of halogens is 4. The first-order valence-electron chi connectivity index (χ1n) is 6.11. The summed E-state index contributed by atoms with van der Waals surface area (Å²) in [6, 6.07) is 5.98. The van der Waals surface area contributed by atoms with Crippen molar-refractivity contribution < 1.29 is 4.39 Å². The number of alkyl halides is 1. The molecule has 0 bridgehead atoms. The molecule has 0 saturated carbocycles. The number of rotatable bonds is 2. The molecule has 21 heavy (non-hydrogen) atoms. The Morgan fingerprint density at radius 2 is 1.90 bits per heavy atom. The largest absolute Gasteiger partial charge is 0.276 e. The quantitative estimate of drug-likeness (QED) is 0.601. The maximum Gasteiger partial charge on any atom is 0.164 e. The summed E-state index contributed by atoms with van der Waals surface area (Å²) in [6.07, 6.45) is 1.63. The van der Waals surface area contributed by atoms with Gasteiger partial charge in [0.05, 0.1) is 21.1 Å². The molecule has 3 nitrogen and oxygen atoms in total. The molecule has 0 spiro atoms. The fraction of sp³-hybridized carbons (Fsp3) is 0.143. The molecule has 1 aromatic carbocycles. The zero-order chi connectivity index (χ0) is 15.1. The predicted octanol–water partition coefficient (Wildman–Crippen LogP) is 5.17. The number of benzene rings is 1. The van der Waals surface area contributed by atoms with E-state index in [0.717, 1.165) is 0 Å². The van der Waals surface area contributed by atoms with Gasteiger partial charge in [-0.05, 0) is 31.2 Å². The summed E-state index contributed by atoms with van der Waals surface area (Å²) in [6.45, 7) is 1.78. The summed E-state index contributed by atoms with van der Waals surface area (Å²) < 4.78 is 15.1. The summed E-state index contributed by atoms with van der Waals surface area (Å²) in [7, 11) is 0. The van der Waals surface area contributed by atoms with Crippen molar-refractivity contribution in [2.45, 2.75) is 12.3 Å². The second-order valence-corrected chi connectivity index (χ2v) is 5.95. The van der Waals surface area contributed by atoms with Crippen molar-refractivity contribution in [3.8, 4) is 5.69 Å². The summed E-state index contributed by atoms with van der Waals surface area (Å²) >= 11 is 18.5. The van der Waals surface area contributed by atoms with E-state index in [9.17, 15) is 4.39 Å². The van der Waals surface area contributed by atoms with Crippen molar-refractivity contribution >= 4 is 46.0 Å². The lowest BCUT2D eigenvalue weighted by Crippen LogP contribution is -2.04. The standard InChI is InChI=1S/C14H9Cl3FN3/c1-7(15)13-20-11-3-2-4-19-14(11)21(13)12-9(16)5-8(18)6-10(12)17/h2-7H,1H3. The van der Waals surface area contributed by atoms with Crippen LogP contribution < -0.4 is 0 Å². The van der Waals surface area contributed by atoms with Crippen molar-refractivity contribution in [2.75, 3.05) is 0 Å². The van der Waals surface area contributed by atoms with Crippen molar-refractivity contribution in [2.24, 2.45) is 0 Å². The Balaban J connectivity index is 2.42. The lowest BCUT2D eigenvalue weighted by molar-refractivity contribution is 0.627. The number of pyridine rings is 1. The van der Waals surface area contributed by atoms with Gasteiger partial charge in [-0.3, -0.25) is 4.57 Å². The molecule has 0 saturated heterocycles. The van der Waals surface area contributed by atoms with Crippen molar-refractivity contribution in [1.82, 2.24) is 14.5 Å². The third-order valence-electron chi connectivity index (χ3n) is 3.00. The maximum absolute atomic E-state index is 13.4. The van der Waals surface area contributed by atoms with Crippen LogP contribution in [0, 0.1) is 5.82 Å². The number of hydrogen-bond donors (Lipinski definition) is 0. The molecule has 0 aliphatic carbocycles. The van der Waals surface area contributed by atoms with Crippen LogP contribution in [0.1, 0.15) is 18.1 Å². The van der Waals surface area contributed by atoms with Gasteiger partial charge in [0.15, 0.2) is 5.65 Å². The van der Waals surface area contributed by atoms with E-state index in [0.29, 0.717) is 22.7 Å². The van der Waals surface area contributed by atoms with Crippen LogP contribution in [-0.2, 0) is 0 Å². The van der Waals surface area contributed by atoms with E-state index >= 15 is 0 Å². The molecule has 0 radical (unpaired) electrons. The van der Waals surface area contributed by atoms with Crippen LogP contribution in [0.3, 0.4) is 0 Å². The average Bonchev–Trinajstić information content (AvgIpc) is 2.77. The van der Waals surface area contributed by atoms with Gasteiger partial charge in [0, 0.05) is 6.20 Å². The first kappa shape index (κ1) is 14.6. The van der Waals surface area contributed by atoms with E-state index in [1.807, 2.05) is 6.07 Å². The normalized spacial score (nSPS) is 12.8. The fourth-order valence-corrected chi connectivity index (χ4v) is 2.94. The van der Waals surface area contributed by atoms with Crippen molar-refractivity contribution in [3.05, 3.63) is 52.1 Å². The molecular formula is C14H9Cl3FN3. The number of imidazole rings is 1. The van der Waals surface area contributed by atoms with Crippen molar-refractivity contribution in [1.29, 1.82) is 0 Å². The Morgan fingerprint density at radius 3 is 2.52 bits per heavy atom. The van der Waals surface area contributed by atoms with Gasteiger partial charge in [-0.1, -0.05) is 23.2 Å². The van der Waals surface area contributed by atoms with Gasteiger partial charge in [0.2, 0.25) is 0 Å². The maximum atomic E-state index is 13.4. The highest BCUT2D eigenvalue weighted by atomic mass is 35.5. The molecule has 2 heterocycles. The molecular weight excluding hydrogens is 336 g/mol. The van der Waals surface area contributed by atoms with Crippen LogP contribution in [0.25, 0.3) is 16.9 Å². The number of nitrogens with zero attached hydrogens (tertiary/aromatic N) is 3. The molecule has 0 aliphatic rings. The van der Waals surface area contributed by atoms with Gasteiger partial charge in [-0.15, -0.1) is 11.6 Å². The molecule has 7 heteroatoms. The average molecular weight is 345 g/mol. The fourth-order valence-electron chi connectivity index (χ4n) is 2.17. The molecule has 0 aliphatic heterocycles. The lowest BCUT2D eigenvalue weighted by atomic mass is 10.3. The second kappa shape index (κ2) is 5.44. The molecule has 1 atom stereocenters. The Hall–Kier alpha value is -1.36. The van der Waals surface area contributed by atoms with Crippen molar-refractivity contribution in [3.63, 3.8) is 0 Å². The second-order valence-electron chi connectivity index (χ2n) is 4.49. The Morgan fingerprint density at radius 1 is 1.24 bits per heavy atom. The SMILES string of the molecule is CC(Cl)c1nc2cccnc2n1-c1c(Cl)cc(F)cc1Cl. The minimum Gasteiger partial charge on any atom is -0.276 e. The molecule has 108 valence electrons. The molecule has 0 fully saturated rings. The molecule has 0 amide bonds. The van der Waals surface area contributed by atoms with E-state index in [2.05, 4.69) is 9.97 Å². The first-order valence-corrected chi connectivity index (χ1v) is 7.30. The van der Waals surface area contributed by atoms with Crippen LogP contribution in [0.5, 0.6) is 0 Å². The van der Waals surface area contributed by atoms with E-state index in [4.69, 9.17) is 34.8 Å². The lowest BCUT2D eigenvalue weighted by Gasteiger charge is -2.13. The summed E-state index contributed by atoms with van der Waals surface area (Å²) in [4.78, 5) is 8.75. The molecule has 1 unspecified atom stereocenters. The van der Waals surface area contributed by atoms with Crippen LogP contribution >= 0.6 is 34.8 Å².